The van der Waals surface area contributed by atoms with Gasteiger partial charge in [-0.3, -0.25) is 9.52 Å². The number of nitrogens with one attached hydrogen (secondary N) is 1. The first kappa shape index (κ1) is 21.5. The van der Waals surface area contributed by atoms with Crippen molar-refractivity contribution in [3.63, 3.8) is 0 Å². The van der Waals surface area contributed by atoms with Gasteiger partial charge in [0.1, 0.15) is 11.5 Å². The highest BCUT2D eigenvalue weighted by atomic mass is 35.5. The van der Waals surface area contributed by atoms with E-state index in [1.165, 1.54) is 36.4 Å². The molecule has 0 aliphatic carbocycles. The van der Waals surface area contributed by atoms with Crippen LogP contribution >= 0.6 is 23.2 Å². The molecule has 11 heteroatoms. The monoisotopic (exact) mass is 451 g/mol. The van der Waals surface area contributed by atoms with E-state index in [9.17, 15) is 21.6 Å². The molecule has 0 spiro atoms. The molecule has 1 N–H and O–H groups in total. The van der Waals surface area contributed by atoms with Crippen molar-refractivity contribution in [2.45, 2.75) is 11.3 Å². The predicted molar refractivity (Wildman–Crippen MR) is 103 cm³/mol. The van der Waals surface area contributed by atoms with Gasteiger partial charge in [0.05, 0.1) is 22.6 Å². The fourth-order valence-corrected chi connectivity index (χ4v) is 3.80. The Hall–Kier alpha value is -1.81. The van der Waals surface area contributed by atoms with Crippen LogP contribution in [0.5, 0.6) is 11.5 Å². The summed E-state index contributed by atoms with van der Waals surface area (Å²) in [7, 11) is -7.08. The Bertz CT molecular complexity index is 1100. The fourth-order valence-electron chi connectivity index (χ4n) is 2.13. The average molecular weight is 452 g/mol. The molecule has 1 amide bonds. The first-order valence-electron chi connectivity index (χ1n) is 7.31. The summed E-state index contributed by atoms with van der Waals surface area (Å²) in [6, 6.07) is 8.47. The molecule has 0 aliphatic rings. The Morgan fingerprint density at radius 2 is 1.70 bits per heavy atom. The average Bonchev–Trinajstić information content (AvgIpc) is 2.45. The number of ether oxygens (including phenoxy) is 1. The minimum absolute atomic E-state index is 0.0454. The summed E-state index contributed by atoms with van der Waals surface area (Å²) in [4.78, 5) is 11.8. The van der Waals surface area contributed by atoms with E-state index in [2.05, 4.69) is 0 Å². The minimum atomic E-state index is -3.66. The Kier molecular flexibility index (Phi) is 6.41. The molecular formula is C16H15Cl2NO6S2. The van der Waals surface area contributed by atoms with Gasteiger partial charge in [0, 0.05) is 11.3 Å². The van der Waals surface area contributed by atoms with Gasteiger partial charge in [-0.2, -0.15) is 0 Å². The highest BCUT2D eigenvalue weighted by Crippen LogP contribution is 2.33. The molecule has 0 fully saturated rings. The first-order chi connectivity index (χ1) is 12.3. The maximum Gasteiger partial charge on any atom is 0.237 e. The van der Waals surface area contributed by atoms with Crippen molar-refractivity contribution in [2.24, 2.45) is 0 Å². The van der Waals surface area contributed by atoms with Gasteiger partial charge in [0.25, 0.3) is 0 Å². The third-order valence-corrected chi connectivity index (χ3v) is 5.38. The number of sulfonamides is 1. The van der Waals surface area contributed by atoms with Crippen molar-refractivity contribution in [1.29, 1.82) is 0 Å². The molecule has 0 aromatic heterocycles. The Morgan fingerprint density at radius 3 is 2.26 bits per heavy atom. The minimum Gasteiger partial charge on any atom is -0.456 e. The van der Waals surface area contributed by atoms with E-state index in [4.69, 9.17) is 27.9 Å². The summed E-state index contributed by atoms with van der Waals surface area (Å²) < 4.78 is 52.8. The zero-order valence-corrected chi connectivity index (χ0v) is 17.3. The van der Waals surface area contributed by atoms with Gasteiger partial charge in [-0.25, -0.2) is 16.8 Å². The van der Waals surface area contributed by atoms with E-state index in [0.717, 1.165) is 12.5 Å². The summed E-state index contributed by atoms with van der Waals surface area (Å²) >= 11 is 12.1. The number of hydrogen-bond acceptors (Lipinski definition) is 6. The quantitative estimate of drug-likeness (QED) is 0.723. The van der Waals surface area contributed by atoms with Crippen molar-refractivity contribution in [3.05, 3.63) is 52.0 Å². The highest BCUT2D eigenvalue weighted by molar-refractivity contribution is 7.90. The molecule has 0 saturated carbocycles. The molecule has 0 radical (unpaired) electrons. The molecule has 7 nitrogen and oxygen atoms in total. The van der Waals surface area contributed by atoms with E-state index < -0.39 is 25.8 Å². The van der Waals surface area contributed by atoms with Crippen LogP contribution in [0.25, 0.3) is 0 Å². The zero-order valence-electron chi connectivity index (χ0n) is 14.2. The number of carbonyl (C=O) groups excluding carboxylic acids is 1. The Balaban J connectivity index is 2.25. The van der Waals surface area contributed by atoms with Crippen molar-refractivity contribution in [1.82, 2.24) is 4.72 Å². The Morgan fingerprint density at radius 1 is 1.04 bits per heavy atom. The number of carbonyl (C=O) groups is 1. The van der Waals surface area contributed by atoms with E-state index in [-0.39, 0.29) is 32.9 Å². The van der Waals surface area contributed by atoms with Crippen LogP contribution in [0.3, 0.4) is 0 Å². The van der Waals surface area contributed by atoms with Crippen molar-refractivity contribution in [2.75, 3.05) is 12.5 Å². The van der Waals surface area contributed by atoms with E-state index in [1.54, 1.807) is 0 Å². The maximum absolute atomic E-state index is 11.7. The molecule has 27 heavy (non-hydrogen) atoms. The molecule has 0 saturated heterocycles. The van der Waals surface area contributed by atoms with E-state index in [1.807, 2.05) is 4.72 Å². The third kappa shape index (κ3) is 6.69. The number of sulfone groups is 1. The van der Waals surface area contributed by atoms with E-state index in [0.29, 0.717) is 5.56 Å². The zero-order chi connectivity index (χ0) is 20.4. The van der Waals surface area contributed by atoms with Gasteiger partial charge in [-0.15, -0.1) is 0 Å². The molecule has 2 aromatic rings. The smallest absolute Gasteiger partial charge is 0.237 e. The predicted octanol–water partition coefficient (Wildman–Crippen LogP) is 2.81. The number of benzene rings is 2. The van der Waals surface area contributed by atoms with Gasteiger partial charge >= 0.3 is 0 Å². The fraction of sp³-hybridized carbons (Fsp3) is 0.188. The maximum atomic E-state index is 11.7. The summed E-state index contributed by atoms with van der Waals surface area (Å²) in [6.07, 6.45) is 1.70. The molecule has 2 aromatic carbocycles. The lowest BCUT2D eigenvalue weighted by Gasteiger charge is -2.11. The van der Waals surface area contributed by atoms with Crippen LogP contribution in [0.15, 0.2) is 41.3 Å². The molecule has 2 rings (SSSR count). The van der Waals surface area contributed by atoms with Crippen LogP contribution in [0.4, 0.5) is 0 Å². The molecular weight excluding hydrogens is 437 g/mol. The number of rotatable bonds is 6. The summed E-state index contributed by atoms with van der Waals surface area (Å²) in [5.74, 6) is -0.280. The van der Waals surface area contributed by atoms with Crippen LogP contribution in [0.2, 0.25) is 10.0 Å². The summed E-state index contributed by atoms with van der Waals surface area (Å²) in [5.41, 5.74) is 0.419. The second kappa shape index (κ2) is 8.05. The molecule has 146 valence electrons. The lowest BCUT2D eigenvalue weighted by Crippen LogP contribution is -2.30. The summed E-state index contributed by atoms with van der Waals surface area (Å²) in [5, 5.41) is 0.341. The van der Waals surface area contributed by atoms with Crippen LogP contribution < -0.4 is 9.46 Å². The normalized spacial score (nSPS) is 11.9. The van der Waals surface area contributed by atoms with Gasteiger partial charge in [-0.1, -0.05) is 23.2 Å². The van der Waals surface area contributed by atoms with Crippen LogP contribution in [-0.4, -0.2) is 35.3 Å². The van der Waals surface area contributed by atoms with E-state index >= 15 is 0 Å². The van der Waals surface area contributed by atoms with Gasteiger partial charge in [-0.05, 0) is 42.0 Å². The molecule has 0 heterocycles. The molecule has 0 atom stereocenters. The van der Waals surface area contributed by atoms with Crippen LogP contribution in [0, 0.1) is 0 Å². The first-order valence-corrected chi connectivity index (χ1v) is 11.8. The third-order valence-electron chi connectivity index (χ3n) is 3.15. The number of halogens is 2. The SMILES string of the molecule is CS(=O)(=O)NC(=O)Cc1cc(Cl)cc(Oc2ccc(S(C)(=O)=O)cc2Cl)c1. The van der Waals surface area contributed by atoms with Gasteiger partial charge in [0.2, 0.25) is 15.9 Å². The van der Waals surface area contributed by atoms with Crippen molar-refractivity contribution >= 4 is 49.0 Å². The van der Waals surface area contributed by atoms with Gasteiger partial charge < -0.3 is 4.74 Å². The number of hydrogen-bond donors (Lipinski definition) is 1. The van der Waals surface area contributed by atoms with Gasteiger partial charge in [0.15, 0.2) is 9.84 Å². The summed E-state index contributed by atoms with van der Waals surface area (Å²) in [6.45, 7) is 0. The van der Waals surface area contributed by atoms with Crippen LogP contribution in [0.1, 0.15) is 5.56 Å². The molecule has 0 unspecified atom stereocenters. The standard InChI is InChI=1S/C16H15Cl2NO6S2/c1-26(21,22)13-3-4-15(14(18)9-13)25-12-6-10(5-11(17)8-12)7-16(20)19-27(2,23)24/h3-6,8-9H,7H2,1-2H3,(H,19,20). The van der Waals surface area contributed by atoms with Crippen molar-refractivity contribution < 1.29 is 26.4 Å². The molecule has 0 aliphatic heterocycles. The highest BCUT2D eigenvalue weighted by Gasteiger charge is 2.14. The molecule has 0 bridgehead atoms. The number of amides is 1. The van der Waals surface area contributed by atoms with Crippen LogP contribution in [-0.2, 0) is 31.1 Å². The Labute approximate surface area is 167 Å². The topological polar surface area (TPSA) is 107 Å². The second-order valence-corrected chi connectivity index (χ2v) is 10.3. The van der Waals surface area contributed by atoms with Crippen molar-refractivity contribution in [3.8, 4) is 11.5 Å². The largest absolute Gasteiger partial charge is 0.456 e. The lowest BCUT2D eigenvalue weighted by molar-refractivity contribution is -0.118. The second-order valence-electron chi connectivity index (χ2n) is 5.74. The lowest BCUT2D eigenvalue weighted by atomic mass is 10.1.